The minimum atomic E-state index is -3.64. The molecule has 148 valence electrons. The summed E-state index contributed by atoms with van der Waals surface area (Å²) in [4.78, 5) is 19.3. The van der Waals surface area contributed by atoms with Gasteiger partial charge in [-0.25, -0.2) is 18.1 Å². The SMILES string of the molecule is Cc1ccc(-c2csc(NC(=O)c3ccc(S(=O)(=O)NC(C)(C)C)cc3)n2)s1. The molecule has 3 rings (SSSR count). The lowest BCUT2D eigenvalue weighted by Crippen LogP contribution is -2.40. The maximum absolute atomic E-state index is 12.4. The lowest BCUT2D eigenvalue weighted by atomic mass is 10.1. The Morgan fingerprint density at radius 3 is 2.32 bits per heavy atom. The monoisotopic (exact) mass is 435 g/mol. The van der Waals surface area contributed by atoms with Gasteiger partial charge in [0.15, 0.2) is 5.13 Å². The first-order valence-electron chi connectivity index (χ1n) is 8.51. The Kier molecular flexibility index (Phi) is 5.72. The molecule has 0 radical (unpaired) electrons. The molecule has 0 saturated carbocycles. The van der Waals surface area contributed by atoms with Gasteiger partial charge in [-0.05, 0) is 64.1 Å². The number of aryl methyl sites for hydroxylation is 1. The van der Waals surface area contributed by atoms with E-state index in [0.29, 0.717) is 10.7 Å². The van der Waals surface area contributed by atoms with Gasteiger partial charge in [0.2, 0.25) is 10.0 Å². The summed E-state index contributed by atoms with van der Waals surface area (Å²) in [6, 6.07) is 9.86. The van der Waals surface area contributed by atoms with Gasteiger partial charge < -0.3 is 0 Å². The number of thiazole rings is 1. The molecule has 2 N–H and O–H groups in total. The van der Waals surface area contributed by atoms with Crippen molar-refractivity contribution in [3.8, 4) is 10.6 Å². The number of rotatable bonds is 5. The Labute approximate surface area is 172 Å². The van der Waals surface area contributed by atoms with Gasteiger partial charge in [-0.3, -0.25) is 10.1 Å². The van der Waals surface area contributed by atoms with Gasteiger partial charge >= 0.3 is 0 Å². The molecule has 0 fully saturated rings. The Hall–Kier alpha value is -2.07. The highest BCUT2D eigenvalue weighted by molar-refractivity contribution is 7.89. The number of carbonyl (C=O) groups is 1. The second kappa shape index (κ2) is 7.75. The van der Waals surface area contributed by atoms with Crippen LogP contribution < -0.4 is 10.0 Å². The van der Waals surface area contributed by atoms with Crippen molar-refractivity contribution in [2.45, 2.75) is 38.1 Å². The van der Waals surface area contributed by atoms with E-state index in [2.05, 4.69) is 15.0 Å². The van der Waals surface area contributed by atoms with Crippen molar-refractivity contribution in [1.29, 1.82) is 0 Å². The largest absolute Gasteiger partial charge is 0.298 e. The summed E-state index contributed by atoms with van der Waals surface area (Å²) in [7, 11) is -3.64. The zero-order chi connectivity index (χ0) is 20.5. The van der Waals surface area contributed by atoms with E-state index in [-0.39, 0.29) is 10.8 Å². The molecule has 0 spiro atoms. The topological polar surface area (TPSA) is 88.2 Å². The predicted octanol–water partition coefficient (Wildman–Crippen LogP) is 4.51. The predicted molar refractivity (Wildman–Crippen MR) is 115 cm³/mol. The van der Waals surface area contributed by atoms with Crippen molar-refractivity contribution in [1.82, 2.24) is 9.71 Å². The summed E-state index contributed by atoms with van der Waals surface area (Å²) in [5, 5.41) is 5.15. The van der Waals surface area contributed by atoms with Gasteiger partial charge in [0.25, 0.3) is 5.91 Å². The Bertz CT molecular complexity index is 1090. The number of sulfonamides is 1. The number of nitrogens with one attached hydrogen (secondary N) is 2. The van der Waals surface area contributed by atoms with Gasteiger partial charge in [0.1, 0.15) is 0 Å². The average molecular weight is 436 g/mol. The molecule has 2 aromatic heterocycles. The zero-order valence-electron chi connectivity index (χ0n) is 15.9. The van der Waals surface area contributed by atoms with Gasteiger partial charge in [0, 0.05) is 21.4 Å². The molecule has 0 saturated heterocycles. The molecule has 2 heterocycles. The van der Waals surface area contributed by atoms with Crippen LogP contribution in [0.1, 0.15) is 36.0 Å². The Morgan fingerprint density at radius 2 is 1.75 bits per heavy atom. The maximum atomic E-state index is 12.4. The molecule has 0 bridgehead atoms. The molecular weight excluding hydrogens is 414 g/mol. The highest BCUT2D eigenvalue weighted by atomic mass is 32.2. The first-order valence-corrected chi connectivity index (χ1v) is 11.7. The van der Waals surface area contributed by atoms with E-state index < -0.39 is 15.6 Å². The van der Waals surface area contributed by atoms with Crippen LogP contribution in [-0.4, -0.2) is 24.8 Å². The van der Waals surface area contributed by atoms with Crippen LogP contribution >= 0.6 is 22.7 Å². The molecule has 0 unspecified atom stereocenters. The van der Waals surface area contributed by atoms with Crippen molar-refractivity contribution < 1.29 is 13.2 Å². The van der Waals surface area contributed by atoms with Crippen molar-refractivity contribution in [2.75, 3.05) is 5.32 Å². The molecule has 0 aliphatic rings. The molecule has 3 aromatic rings. The van der Waals surface area contributed by atoms with E-state index in [1.54, 1.807) is 32.1 Å². The third-order valence-corrected chi connectivity index (χ3v) is 7.14. The van der Waals surface area contributed by atoms with Crippen molar-refractivity contribution in [3.63, 3.8) is 0 Å². The summed E-state index contributed by atoms with van der Waals surface area (Å²) in [5.41, 5.74) is 0.602. The molecule has 28 heavy (non-hydrogen) atoms. The number of nitrogens with zero attached hydrogens (tertiary/aromatic N) is 1. The molecular formula is C19H21N3O3S3. The van der Waals surface area contributed by atoms with Crippen LogP contribution in [0, 0.1) is 6.92 Å². The van der Waals surface area contributed by atoms with Crippen LogP contribution in [0.25, 0.3) is 10.6 Å². The summed E-state index contributed by atoms with van der Waals surface area (Å²) < 4.78 is 27.3. The van der Waals surface area contributed by atoms with Gasteiger partial charge in [-0.2, -0.15) is 0 Å². The molecule has 0 atom stereocenters. The second-order valence-corrected chi connectivity index (χ2v) is 11.1. The third-order valence-electron chi connectivity index (χ3n) is 3.58. The van der Waals surface area contributed by atoms with Crippen LogP contribution in [-0.2, 0) is 10.0 Å². The highest BCUT2D eigenvalue weighted by Gasteiger charge is 2.22. The number of amides is 1. The van der Waals surface area contributed by atoms with E-state index in [9.17, 15) is 13.2 Å². The molecule has 1 amide bonds. The molecule has 6 nitrogen and oxygen atoms in total. The maximum Gasteiger partial charge on any atom is 0.257 e. The summed E-state index contributed by atoms with van der Waals surface area (Å²) in [6.07, 6.45) is 0. The normalized spacial score (nSPS) is 12.1. The summed E-state index contributed by atoms with van der Waals surface area (Å²) >= 11 is 2.99. The fraction of sp³-hybridized carbons (Fsp3) is 0.263. The molecule has 9 heteroatoms. The summed E-state index contributed by atoms with van der Waals surface area (Å²) in [5.74, 6) is -0.337. The van der Waals surface area contributed by atoms with Gasteiger partial charge in [-0.15, -0.1) is 22.7 Å². The summed E-state index contributed by atoms with van der Waals surface area (Å²) in [6.45, 7) is 7.34. The minimum absolute atomic E-state index is 0.114. The van der Waals surface area contributed by atoms with Crippen LogP contribution in [0.4, 0.5) is 5.13 Å². The smallest absolute Gasteiger partial charge is 0.257 e. The van der Waals surface area contributed by atoms with Crippen molar-refractivity contribution >= 4 is 43.7 Å². The zero-order valence-corrected chi connectivity index (χ0v) is 18.4. The first kappa shape index (κ1) is 20.7. The van der Waals surface area contributed by atoms with E-state index in [1.165, 1.54) is 40.5 Å². The van der Waals surface area contributed by atoms with Crippen LogP contribution in [0.2, 0.25) is 0 Å². The first-order chi connectivity index (χ1) is 13.0. The lowest BCUT2D eigenvalue weighted by molar-refractivity contribution is 0.102. The highest BCUT2D eigenvalue weighted by Crippen LogP contribution is 2.30. The number of thiophene rings is 1. The molecule has 0 aliphatic carbocycles. The quantitative estimate of drug-likeness (QED) is 0.617. The Balaban J connectivity index is 1.71. The fourth-order valence-corrected chi connectivity index (χ4v) is 5.46. The third kappa shape index (κ3) is 5.05. The van der Waals surface area contributed by atoms with E-state index in [0.717, 1.165) is 10.6 Å². The van der Waals surface area contributed by atoms with E-state index >= 15 is 0 Å². The second-order valence-electron chi connectivity index (χ2n) is 7.28. The number of anilines is 1. The Morgan fingerprint density at radius 1 is 1.07 bits per heavy atom. The van der Waals surface area contributed by atoms with Crippen LogP contribution in [0.3, 0.4) is 0 Å². The number of benzene rings is 1. The number of carbonyl (C=O) groups excluding carboxylic acids is 1. The average Bonchev–Trinajstić information content (AvgIpc) is 3.21. The lowest BCUT2D eigenvalue weighted by Gasteiger charge is -2.20. The fourth-order valence-electron chi connectivity index (χ4n) is 2.43. The minimum Gasteiger partial charge on any atom is -0.298 e. The van der Waals surface area contributed by atoms with Gasteiger partial charge in [-0.1, -0.05) is 0 Å². The molecule has 1 aromatic carbocycles. The standard InChI is InChI=1S/C19H21N3O3S3/c1-12-5-10-16(27-12)15-11-26-18(20-15)21-17(23)13-6-8-14(9-7-13)28(24,25)22-19(2,3)4/h5-11,22H,1-4H3,(H,20,21,23). The number of aromatic nitrogens is 1. The van der Waals surface area contributed by atoms with Crippen molar-refractivity contribution in [3.05, 3.63) is 52.2 Å². The van der Waals surface area contributed by atoms with E-state index in [1.807, 2.05) is 24.4 Å². The number of hydrogen-bond donors (Lipinski definition) is 2. The number of hydrogen-bond acceptors (Lipinski definition) is 6. The van der Waals surface area contributed by atoms with Crippen molar-refractivity contribution in [2.24, 2.45) is 0 Å². The van der Waals surface area contributed by atoms with Gasteiger partial charge in [0.05, 0.1) is 15.5 Å². The molecule has 0 aliphatic heterocycles. The van der Waals surface area contributed by atoms with E-state index in [4.69, 9.17) is 0 Å². The van der Waals surface area contributed by atoms with Crippen LogP contribution in [0.15, 0.2) is 46.7 Å². The van der Waals surface area contributed by atoms with Crippen LogP contribution in [0.5, 0.6) is 0 Å².